The zero-order chi connectivity index (χ0) is 16.1. The van der Waals surface area contributed by atoms with Crippen LogP contribution in [-0.2, 0) is 9.59 Å². The lowest BCUT2D eigenvalue weighted by molar-refractivity contribution is -0.124. The van der Waals surface area contributed by atoms with Crippen molar-refractivity contribution < 1.29 is 9.59 Å². The summed E-state index contributed by atoms with van der Waals surface area (Å²) in [5.41, 5.74) is 2.14. The quantitative estimate of drug-likeness (QED) is 0.833. The second kappa shape index (κ2) is 4.70. The van der Waals surface area contributed by atoms with Crippen LogP contribution >= 0.6 is 0 Å². The highest BCUT2D eigenvalue weighted by molar-refractivity contribution is 6.10. The molecule has 1 aliphatic carbocycles. The summed E-state index contributed by atoms with van der Waals surface area (Å²) in [7, 11) is 0. The van der Waals surface area contributed by atoms with Crippen molar-refractivity contribution in [3.05, 3.63) is 35.5 Å². The zero-order valence-corrected chi connectivity index (χ0v) is 13.5. The third-order valence-electron chi connectivity index (χ3n) is 4.68. The summed E-state index contributed by atoms with van der Waals surface area (Å²) in [6.07, 6.45) is 1.22. The first-order valence-corrected chi connectivity index (χ1v) is 7.65. The molecular formula is C18H22N2O2. The third-order valence-corrected chi connectivity index (χ3v) is 4.68. The molecule has 0 amide bonds. The molecule has 0 saturated carbocycles. The van der Waals surface area contributed by atoms with Crippen LogP contribution in [0.1, 0.15) is 40.5 Å². The van der Waals surface area contributed by atoms with Crippen molar-refractivity contribution >= 4 is 22.9 Å². The number of carbonyl (C=O) groups is 2. The summed E-state index contributed by atoms with van der Waals surface area (Å²) in [5, 5.41) is 6.70. The van der Waals surface area contributed by atoms with Gasteiger partial charge in [0.1, 0.15) is 5.54 Å². The molecule has 1 heterocycles. The van der Waals surface area contributed by atoms with Gasteiger partial charge in [0.2, 0.25) is 0 Å². The van der Waals surface area contributed by atoms with Crippen LogP contribution in [0.2, 0.25) is 0 Å². The number of ketones is 2. The summed E-state index contributed by atoms with van der Waals surface area (Å²) in [5.74, 6) is 0.00307. The molecule has 0 saturated heterocycles. The second-order valence-electron chi connectivity index (χ2n) is 7.27. The van der Waals surface area contributed by atoms with Crippen LogP contribution in [-0.4, -0.2) is 17.1 Å². The number of para-hydroxylation sites is 2. The fourth-order valence-electron chi connectivity index (χ4n) is 3.47. The molecule has 1 aliphatic heterocycles. The van der Waals surface area contributed by atoms with E-state index in [0.29, 0.717) is 12.0 Å². The first-order chi connectivity index (χ1) is 10.2. The molecule has 2 aliphatic rings. The predicted molar refractivity (Wildman–Crippen MR) is 87.8 cm³/mol. The molecule has 0 aromatic heterocycles. The SMILES string of the molecule is CC(=O)C1(C)Nc2ccccc2NC2=C1C(=O)CC(C)(C)C2. The van der Waals surface area contributed by atoms with E-state index in [1.165, 1.54) is 0 Å². The van der Waals surface area contributed by atoms with Gasteiger partial charge in [-0.05, 0) is 37.8 Å². The van der Waals surface area contributed by atoms with Crippen molar-refractivity contribution in [2.75, 3.05) is 10.6 Å². The van der Waals surface area contributed by atoms with Crippen LogP contribution < -0.4 is 10.6 Å². The van der Waals surface area contributed by atoms with E-state index >= 15 is 0 Å². The van der Waals surface area contributed by atoms with Crippen molar-refractivity contribution in [1.29, 1.82) is 0 Å². The van der Waals surface area contributed by atoms with E-state index < -0.39 is 5.54 Å². The summed E-state index contributed by atoms with van der Waals surface area (Å²) >= 11 is 0. The summed E-state index contributed by atoms with van der Waals surface area (Å²) in [6, 6.07) is 7.76. The topological polar surface area (TPSA) is 58.2 Å². The van der Waals surface area contributed by atoms with Crippen LogP contribution in [0.25, 0.3) is 0 Å². The van der Waals surface area contributed by atoms with Crippen molar-refractivity contribution in [2.24, 2.45) is 5.41 Å². The van der Waals surface area contributed by atoms with E-state index in [4.69, 9.17) is 0 Å². The highest BCUT2D eigenvalue weighted by Gasteiger charge is 2.46. The van der Waals surface area contributed by atoms with Crippen LogP contribution in [0.5, 0.6) is 0 Å². The van der Waals surface area contributed by atoms with Gasteiger partial charge < -0.3 is 10.6 Å². The first kappa shape index (κ1) is 14.8. The number of Topliss-reactive ketones (excluding diaryl/α,β-unsaturated/α-hetero) is 2. The first-order valence-electron chi connectivity index (χ1n) is 7.65. The molecule has 0 spiro atoms. The molecule has 2 N–H and O–H groups in total. The normalized spacial score (nSPS) is 26.3. The number of anilines is 2. The van der Waals surface area contributed by atoms with E-state index in [1.807, 2.05) is 31.2 Å². The van der Waals surface area contributed by atoms with E-state index in [0.717, 1.165) is 23.5 Å². The van der Waals surface area contributed by atoms with Crippen molar-refractivity contribution in [3.8, 4) is 0 Å². The number of fused-ring (bicyclic) bond motifs is 1. The molecule has 3 rings (SSSR count). The highest BCUT2D eigenvalue weighted by atomic mass is 16.1. The van der Waals surface area contributed by atoms with Gasteiger partial charge in [-0.3, -0.25) is 9.59 Å². The number of allylic oxidation sites excluding steroid dienone is 1. The maximum absolute atomic E-state index is 12.8. The Morgan fingerprint density at radius 3 is 2.36 bits per heavy atom. The largest absolute Gasteiger partial charge is 0.368 e. The van der Waals surface area contributed by atoms with Gasteiger partial charge in [-0.1, -0.05) is 26.0 Å². The van der Waals surface area contributed by atoms with E-state index in [2.05, 4.69) is 24.5 Å². The molecule has 4 nitrogen and oxygen atoms in total. The zero-order valence-electron chi connectivity index (χ0n) is 13.5. The number of hydrogen-bond donors (Lipinski definition) is 2. The van der Waals surface area contributed by atoms with Crippen LogP contribution in [0, 0.1) is 5.41 Å². The standard InChI is InChI=1S/C18H22N2O2/c1-11(21)18(4)16-14(9-17(2,3)10-15(16)22)19-12-7-5-6-8-13(12)20-18/h5-8,19-20H,9-10H2,1-4H3. The smallest absolute Gasteiger partial charge is 0.163 e. The van der Waals surface area contributed by atoms with Gasteiger partial charge in [0.25, 0.3) is 0 Å². The Morgan fingerprint density at radius 2 is 1.73 bits per heavy atom. The number of benzene rings is 1. The molecule has 0 bridgehead atoms. The molecule has 1 aromatic carbocycles. The molecule has 1 unspecified atom stereocenters. The molecule has 4 heteroatoms. The maximum atomic E-state index is 12.8. The Hall–Kier alpha value is -2.10. The summed E-state index contributed by atoms with van der Waals surface area (Å²) in [6.45, 7) is 7.53. The average molecular weight is 298 g/mol. The minimum absolute atomic E-state index is 0.0495. The maximum Gasteiger partial charge on any atom is 0.163 e. The lowest BCUT2D eigenvalue weighted by Crippen LogP contribution is -2.48. The lowest BCUT2D eigenvalue weighted by Gasteiger charge is -2.37. The Labute approximate surface area is 131 Å². The molecule has 116 valence electrons. The van der Waals surface area contributed by atoms with Crippen LogP contribution in [0.15, 0.2) is 35.5 Å². The fraction of sp³-hybridized carbons (Fsp3) is 0.444. The van der Waals surface area contributed by atoms with Gasteiger partial charge in [0, 0.05) is 17.7 Å². The van der Waals surface area contributed by atoms with Crippen molar-refractivity contribution in [3.63, 3.8) is 0 Å². The Balaban J connectivity index is 2.22. The van der Waals surface area contributed by atoms with Crippen molar-refractivity contribution in [2.45, 2.75) is 46.1 Å². The fourth-order valence-corrected chi connectivity index (χ4v) is 3.47. The van der Waals surface area contributed by atoms with E-state index in [1.54, 1.807) is 6.92 Å². The van der Waals surface area contributed by atoms with E-state index in [-0.39, 0.29) is 17.0 Å². The lowest BCUT2D eigenvalue weighted by atomic mass is 9.70. The number of nitrogens with one attached hydrogen (secondary N) is 2. The van der Waals surface area contributed by atoms with Gasteiger partial charge in [-0.25, -0.2) is 0 Å². The second-order valence-corrected chi connectivity index (χ2v) is 7.27. The van der Waals surface area contributed by atoms with Gasteiger partial charge in [-0.15, -0.1) is 0 Å². The molecule has 0 radical (unpaired) electrons. The molecule has 1 aromatic rings. The minimum atomic E-state index is -0.984. The predicted octanol–water partition coefficient (Wildman–Crippen LogP) is 3.51. The molecular weight excluding hydrogens is 276 g/mol. The monoisotopic (exact) mass is 298 g/mol. The van der Waals surface area contributed by atoms with Gasteiger partial charge >= 0.3 is 0 Å². The van der Waals surface area contributed by atoms with Crippen LogP contribution in [0.4, 0.5) is 11.4 Å². The summed E-state index contributed by atoms with van der Waals surface area (Å²) < 4.78 is 0. The summed E-state index contributed by atoms with van der Waals surface area (Å²) in [4.78, 5) is 25.1. The Bertz CT molecular complexity index is 703. The molecule has 22 heavy (non-hydrogen) atoms. The van der Waals surface area contributed by atoms with Crippen molar-refractivity contribution in [1.82, 2.24) is 0 Å². The number of rotatable bonds is 1. The highest BCUT2D eigenvalue weighted by Crippen LogP contribution is 2.44. The third kappa shape index (κ3) is 2.23. The van der Waals surface area contributed by atoms with Gasteiger partial charge in [-0.2, -0.15) is 0 Å². The van der Waals surface area contributed by atoms with E-state index in [9.17, 15) is 9.59 Å². The Kier molecular flexibility index (Phi) is 3.17. The van der Waals surface area contributed by atoms with Crippen LogP contribution in [0.3, 0.4) is 0 Å². The van der Waals surface area contributed by atoms with Gasteiger partial charge in [0.15, 0.2) is 11.6 Å². The number of carbonyl (C=O) groups excluding carboxylic acids is 2. The number of hydrogen-bond acceptors (Lipinski definition) is 4. The molecule has 1 atom stereocenters. The average Bonchev–Trinajstić information content (AvgIpc) is 2.50. The minimum Gasteiger partial charge on any atom is -0.368 e. The molecule has 0 fully saturated rings. The Morgan fingerprint density at radius 1 is 1.09 bits per heavy atom. The van der Waals surface area contributed by atoms with Gasteiger partial charge in [0.05, 0.1) is 11.4 Å².